The molecule has 244 valence electrons. The van der Waals surface area contributed by atoms with Gasteiger partial charge in [-0.15, -0.1) is 0 Å². The molecule has 10 aromatic rings. The highest BCUT2D eigenvalue weighted by Gasteiger charge is 2.24. The van der Waals surface area contributed by atoms with E-state index in [1.165, 1.54) is 54.9 Å². The third-order valence-electron chi connectivity index (χ3n) is 10.9. The molecular weight excluding hydrogens is 633 g/mol. The van der Waals surface area contributed by atoms with Gasteiger partial charge in [-0.3, -0.25) is 0 Å². The van der Waals surface area contributed by atoms with E-state index in [4.69, 9.17) is 8.83 Å². The fraction of sp³-hybridized carbons (Fsp3) is 0.0400. The number of para-hydroxylation sites is 1. The Bertz CT molecular complexity index is 2990. The van der Waals surface area contributed by atoms with Crippen LogP contribution >= 0.6 is 0 Å². The van der Waals surface area contributed by atoms with E-state index in [0.717, 1.165) is 68.2 Å². The summed E-state index contributed by atoms with van der Waals surface area (Å²) in [6.07, 6.45) is 6.38. The molecule has 2 heterocycles. The first-order valence-corrected chi connectivity index (χ1v) is 18.1. The van der Waals surface area contributed by atoms with Crippen molar-refractivity contribution in [3.8, 4) is 44.5 Å². The zero-order valence-electron chi connectivity index (χ0n) is 28.4. The molecule has 0 amide bonds. The fourth-order valence-electron chi connectivity index (χ4n) is 8.56. The number of furan rings is 2. The topological polar surface area (TPSA) is 26.3 Å². The zero-order valence-corrected chi connectivity index (χ0v) is 28.4. The normalized spacial score (nSPS) is 12.8. The van der Waals surface area contributed by atoms with Gasteiger partial charge in [0, 0.05) is 28.1 Å². The Labute approximate surface area is 300 Å². The summed E-state index contributed by atoms with van der Waals surface area (Å²) >= 11 is 0. The summed E-state index contributed by atoms with van der Waals surface area (Å²) in [7, 11) is 0. The van der Waals surface area contributed by atoms with Gasteiger partial charge in [-0.1, -0.05) is 152 Å². The van der Waals surface area contributed by atoms with Crippen molar-refractivity contribution < 1.29 is 8.83 Å². The molecule has 0 fully saturated rings. The van der Waals surface area contributed by atoms with E-state index < -0.39 is 0 Å². The summed E-state index contributed by atoms with van der Waals surface area (Å²) in [5.74, 6) is 1.05. The number of benzene rings is 8. The maximum absolute atomic E-state index is 6.76. The molecule has 0 saturated carbocycles. The van der Waals surface area contributed by atoms with Gasteiger partial charge in [0.1, 0.15) is 22.5 Å². The molecule has 0 radical (unpaired) electrons. The van der Waals surface area contributed by atoms with Crippen LogP contribution in [0.5, 0.6) is 0 Å². The van der Waals surface area contributed by atoms with Crippen molar-refractivity contribution in [2.75, 3.05) is 0 Å². The number of fused-ring (bicyclic) bond motifs is 8. The predicted octanol–water partition coefficient (Wildman–Crippen LogP) is 14.3. The predicted molar refractivity (Wildman–Crippen MR) is 218 cm³/mol. The van der Waals surface area contributed by atoms with Gasteiger partial charge in [-0.25, -0.2) is 0 Å². The summed E-state index contributed by atoms with van der Waals surface area (Å²) in [5, 5.41) is 8.31. The second kappa shape index (κ2) is 11.4. The van der Waals surface area contributed by atoms with Crippen molar-refractivity contribution in [2.24, 2.45) is 0 Å². The Morgan fingerprint density at radius 2 is 0.904 bits per heavy atom. The number of hydrogen-bond donors (Lipinski definition) is 0. The van der Waals surface area contributed by atoms with E-state index in [1.54, 1.807) is 0 Å². The molecule has 8 aromatic carbocycles. The molecule has 1 aliphatic carbocycles. The summed E-state index contributed by atoms with van der Waals surface area (Å²) in [6.45, 7) is 0. The highest BCUT2D eigenvalue weighted by Crippen LogP contribution is 2.48. The summed E-state index contributed by atoms with van der Waals surface area (Å²) in [4.78, 5) is 0. The molecule has 2 nitrogen and oxygen atoms in total. The fourth-order valence-corrected chi connectivity index (χ4v) is 8.56. The van der Waals surface area contributed by atoms with E-state index in [-0.39, 0.29) is 0 Å². The van der Waals surface area contributed by atoms with Gasteiger partial charge in [-0.2, -0.15) is 0 Å². The van der Waals surface area contributed by atoms with Crippen molar-refractivity contribution >= 4 is 60.5 Å². The van der Waals surface area contributed by atoms with Crippen LogP contribution in [-0.4, -0.2) is 0 Å². The van der Waals surface area contributed by atoms with Crippen LogP contribution in [0.15, 0.2) is 173 Å². The average Bonchev–Trinajstić information content (AvgIpc) is 3.77. The Kier molecular flexibility index (Phi) is 6.41. The van der Waals surface area contributed by atoms with Gasteiger partial charge in [0.2, 0.25) is 0 Å². The minimum absolute atomic E-state index is 0.866. The molecule has 2 heteroatoms. The second-order valence-corrected chi connectivity index (χ2v) is 13.8. The molecule has 0 bridgehead atoms. The molecule has 0 aliphatic heterocycles. The Hall–Kier alpha value is -6.64. The first-order chi connectivity index (χ1) is 25.8. The number of allylic oxidation sites excluding steroid dienone is 1. The highest BCUT2D eigenvalue weighted by atomic mass is 16.3. The van der Waals surface area contributed by atoms with Crippen LogP contribution in [0.3, 0.4) is 0 Å². The lowest BCUT2D eigenvalue weighted by Gasteiger charge is -2.18. The first-order valence-electron chi connectivity index (χ1n) is 18.1. The van der Waals surface area contributed by atoms with Crippen LogP contribution in [0.2, 0.25) is 0 Å². The summed E-state index contributed by atoms with van der Waals surface area (Å²) in [5.41, 5.74) is 13.2. The average molecular weight is 665 g/mol. The van der Waals surface area contributed by atoms with Crippen molar-refractivity contribution in [1.82, 2.24) is 0 Å². The van der Waals surface area contributed by atoms with Crippen LogP contribution < -0.4 is 0 Å². The highest BCUT2D eigenvalue weighted by molar-refractivity contribution is 6.22. The molecule has 0 unspecified atom stereocenters. The molecule has 0 atom stereocenters. The molecule has 11 rings (SSSR count). The van der Waals surface area contributed by atoms with Gasteiger partial charge in [0.05, 0.1) is 5.56 Å². The van der Waals surface area contributed by atoms with Crippen molar-refractivity contribution in [3.05, 3.63) is 175 Å². The van der Waals surface area contributed by atoms with Crippen molar-refractivity contribution in [2.45, 2.75) is 12.8 Å². The Morgan fingerprint density at radius 1 is 0.365 bits per heavy atom. The molecule has 0 N–H and O–H groups in total. The van der Waals surface area contributed by atoms with Crippen LogP contribution in [-0.2, 0) is 6.42 Å². The van der Waals surface area contributed by atoms with E-state index in [2.05, 4.69) is 164 Å². The minimum Gasteiger partial charge on any atom is -0.460 e. The standard InChI is InChI=1S/C50H32O2/c1-2-13-31(14-3-1)32-25-27-33(28-26-32)46-38-19-4-6-21-40(38)47(41-22-7-5-20-39(41)46)34-15-12-16-35(29-34)48-49-42(36-17-8-10-23-44(36)51-49)30-43-37-18-9-11-24-45(37)52-50(43)48/h1-10,12-23,25-30H,11,24H2. The van der Waals surface area contributed by atoms with Gasteiger partial charge in [0.15, 0.2) is 0 Å². The van der Waals surface area contributed by atoms with E-state index in [1.807, 2.05) is 6.07 Å². The second-order valence-electron chi connectivity index (χ2n) is 13.8. The Morgan fingerprint density at radius 3 is 1.62 bits per heavy atom. The van der Waals surface area contributed by atoms with E-state index in [9.17, 15) is 0 Å². The zero-order chi connectivity index (χ0) is 34.2. The Balaban J connectivity index is 1.16. The largest absolute Gasteiger partial charge is 0.460 e. The molecule has 0 saturated heterocycles. The van der Waals surface area contributed by atoms with E-state index in [0.29, 0.717) is 0 Å². The van der Waals surface area contributed by atoms with E-state index >= 15 is 0 Å². The molecule has 2 aromatic heterocycles. The molecular formula is C50H32O2. The third kappa shape index (κ3) is 4.37. The van der Waals surface area contributed by atoms with Crippen molar-refractivity contribution in [1.29, 1.82) is 0 Å². The number of rotatable bonds is 4. The molecule has 52 heavy (non-hydrogen) atoms. The summed E-state index contributed by atoms with van der Waals surface area (Å²) in [6, 6.07) is 56.9. The lowest BCUT2D eigenvalue weighted by Crippen LogP contribution is -1.91. The van der Waals surface area contributed by atoms with Crippen molar-refractivity contribution in [3.63, 3.8) is 0 Å². The first kappa shape index (κ1) is 29.1. The monoisotopic (exact) mass is 664 g/mol. The van der Waals surface area contributed by atoms with Crippen LogP contribution in [0.1, 0.15) is 17.7 Å². The summed E-state index contributed by atoms with van der Waals surface area (Å²) < 4.78 is 13.4. The lowest BCUT2D eigenvalue weighted by atomic mass is 9.85. The van der Waals surface area contributed by atoms with Gasteiger partial charge < -0.3 is 8.83 Å². The van der Waals surface area contributed by atoms with Gasteiger partial charge in [-0.05, 0) is 85.1 Å². The van der Waals surface area contributed by atoms with Gasteiger partial charge >= 0.3 is 0 Å². The molecule has 1 aliphatic rings. The smallest absolute Gasteiger partial charge is 0.147 e. The lowest BCUT2D eigenvalue weighted by molar-refractivity contribution is 0.546. The molecule has 0 spiro atoms. The number of aryl methyl sites for hydroxylation is 1. The van der Waals surface area contributed by atoms with Crippen LogP contribution in [0.25, 0.3) is 105 Å². The third-order valence-corrected chi connectivity index (χ3v) is 10.9. The SMILES string of the molecule is C1=Cc2c(oc3c(-c4cccc(-c5c6ccccc6c(-c6ccc(-c7ccccc7)cc6)c6ccccc56)c4)c4oc5ccccc5c4cc23)CC1. The quantitative estimate of drug-likeness (QED) is 0.175. The number of hydrogen-bond acceptors (Lipinski definition) is 2. The minimum atomic E-state index is 0.866. The maximum Gasteiger partial charge on any atom is 0.147 e. The van der Waals surface area contributed by atoms with Crippen LogP contribution in [0.4, 0.5) is 0 Å². The van der Waals surface area contributed by atoms with Gasteiger partial charge in [0.25, 0.3) is 0 Å². The van der Waals surface area contributed by atoms with Crippen LogP contribution in [0, 0.1) is 0 Å². The maximum atomic E-state index is 6.76.